The molecule has 1 aromatic rings. The normalized spacial score (nSPS) is 24.0. The zero-order chi connectivity index (χ0) is 13.2. The summed E-state index contributed by atoms with van der Waals surface area (Å²) < 4.78 is 0. The number of hydrogen-bond donors (Lipinski definition) is 1. The van der Waals surface area contributed by atoms with Gasteiger partial charge in [-0.15, -0.1) is 0 Å². The van der Waals surface area contributed by atoms with Gasteiger partial charge in [0.1, 0.15) is 0 Å². The number of anilines is 1. The molecule has 3 rings (SSSR count). The Kier molecular flexibility index (Phi) is 3.36. The lowest BCUT2D eigenvalue weighted by Crippen LogP contribution is -2.44. The van der Waals surface area contributed by atoms with Crippen LogP contribution >= 0.6 is 0 Å². The number of aromatic nitrogens is 2. The standard InChI is InChI=1S/C14H20N4O/c15-14-16-7-6-12(17-14)11-5-2-8-18(9-11)13(19)10-3-1-4-10/h6-7,10-11H,1-5,8-9H2,(H2,15,16,17)/t11-/m0/s1. The Labute approximate surface area is 113 Å². The highest BCUT2D eigenvalue weighted by atomic mass is 16.2. The van der Waals surface area contributed by atoms with E-state index in [9.17, 15) is 4.79 Å². The number of likely N-dealkylation sites (tertiary alicyclic amines) is 1. The van der Waals surface area contributed by atoms with Crippen LogP contribution in [0.4, 0.5) is 5.95 Å². The maximum absolute atomic E-state index is 12.3. The first kappa shape index (κ1) is 12.4. The molecule has 0 radical (unpaired) electrons. The maximum Gasteiger partial charge on any atom is 0.225 e. The van der Waals surface area contributed by atoms with Crippen LogP contribution in [0.5, 0.6) is 0 Å². The summed E-state index contributed by atoms with van der Waals surface area (Å²) in [6.07, 6.45) is 7.17. The molecule has 0 aromatic carbocycles. The molecule has 19 heavy (non-hydrogen) atoms. The first-order valence-electron chi connectivity index (χ1n) is 7.11. The summed E-state index contributed by atoms with van der Waals surface area (Å²) in [5, 5.41) is 0. The average Bonchev–Trinajstić information content (AvgIpc) is 2.37. The highest BCUT2D eigenvalue weighted by Crippen LogP contribution is 2.32. The van der Waals surface area contributed by atoms with Crippen molar-refractivity contribution in [1.29, 1.82) is 0 Å². The fourth-order valence-corrected chi connectivity index (χ4v) is 2.95. The molecule has 5 heteroatoms. The second-order valence-corrected chi connectivity index (χ2v) is 5.59. The summed E-state index contributed by atoms with van der Waals surface area (Å²) in [6, 6.07) is 1.92. The van der Waals surface area contributed by atoms with E-state index in [0.717, 1.165) is 44.5 Å². The molecule has 2 fully saturated rings. The van der Waals surface area contributed by atoms with Gasteiger partial charge in [0.15, 0.2) is 0 Å². The number of carbonyl (C=O) groups excluding carboxylic acids is 1. The molecule has 1 saturated carbocycles. The zero-order valence-electron chi connectivity index (χ0n) is 11.1. The minimum Gasteiger partial charge on any atom is -0.368 e. The van der Waals surface area contributed by atoms with Crippen molar-refractivity contribution in [2.45, 2.75) is 38.0 Å². The Hall–Kier alpha value is -1.65. The lowest BCUT2D eigenvalue weighted by Gasteiger charge is -2.37. The monoisotopic (exact) mass is 260 g/mol. The van der Waals surface area contributed by atoms with Gasteiger partial charge in [0.2, 0.25) is 11.9 Å². The van der Waals surface area contributed by atoms with E-state index >= 15 is 0 Å². The van der Waals surface area contributed by atoms with Gasteiger partial charge in [-0.2, -0.15) is 0 Å². The molecule has 102 valence electrons. The van der Waals surface area contributed by atoms with E-state index in [1.807, 2.05) is 11.0 Å². The molecule has 1 atom stereocenters. The van der Waals surface area contributed by atoms with Crippen molar-refractivity contribution in [3.8, 4) is 0 Å². The number of hydrogen-bond acceptors (Lipinski definition) is 4. The predicted octanol–water partition coefficient (Wildman–Crippen LogP) is 1.56. The second-order valence-electron chi connectivity index (χ2n) is 5.59. The van der Waals surface area contributed by atoms with Gasteiger partial charge in [0, 0.05) is 31.1 Å². The summed E-state index contributed by atoms with van der Waals surface area (Å²) in [5.41, 5.74) is 6.61. The van der Waals surface area contributed by atoms with E-state index in [4.69, 9.17) is 5.73 Å². The SMILES string of the molecule is Nc1nccc([C@H]2CCCN(C(=O)C3CCC3)C2)n1. The molecule has 1 aliphatic carbocycles. The van der Waals surface area contributed by atoms with Gasteiger partial charge < -0.3 is 10.6 Å². The highest BCUT2D eigenvalue weighted by molar-refractivity contribution is 5.79. The number of amides is 1. The molecule has 1 saturated heterocycles. The molecule has 2 N–H and O–H groups in total. The summed E-state index contributed by atoms with van der Waals surface area (Å²) in [6.45, 7) is 1.68. The number of nitrogens with two attached hydrogens (primary N) is 1. The summed E-state index contributed by atoms with van der Waals surface area (Å²) in [7, 11) is 0. The Bertz CT molecular complexity index is 472. The van der Waals surface area contributed by atoms with E-state index in [2.05, 4.69) is 9.97 Å². The van der Waals surface area contributed by atoms with Gasteiger partial charge in [0.25, 0.3) is 0 Å². The summed E-state index contributed by atoms with van der Waals surface area (Å²) in [4.78, 5) is 22.5. The van der Waals surface area contributed by atoms with Crippen LogP contribution in [-0.2, 0) is 4.79 Å². The first-order chi connectivity index (χ1) is 9.24. The Morgan fingerprint density at radius 3 is 2.84 bits per heavy atom. The third kappa shape index (κ3) is 2.55. The van der Waals surface area contributed by atoms with Crippen molar-refractivity contribution in [3.63, 3.8) is 0 Å². The lowest BCUT2D eigenvalue weighted by molar-refractivity contribution is -0.139. The largest absolute Gasteiger partial charge is 0.368 e. The molecule has 0 spiro atoms. The first-order valence-corrected chi connectivity index (χ1v) is 7.11. The maximum atomic E-state index is 12.3. The fraction of sp³-hybridized carbons (Fsp3) is 0.643. The van der Waals surface area contributed by atoms with Crippen LogP contribution in [0.15, 0.2) is 12.3 Å². The van der Waals surface area contributed by atoms with Crippen LogP contribution in [0.3, 0.4) is 0 Å². The topological polar surface area (TPSA) is 72.1 Å². The van der Waals surface area contributed by atoms with Gasteiger partial charge >= 0.3 is 0 Å². The van der Waals surface area contributed by atoms with Crippen LogP contribution in [0.25, 0.3) is 0 Å². The van der Waals surface area contributed by atoms with Crippen molar-refractivity contribution < 1.29 is 4.79 Å². The van der Waals surface area contributed by atoms with Gasteiger partial charge in [0.05, 0.1) is 5.69 Å². The fourth-order valence-electron chi connectivity index (χ4n) is 2.95. The van der Waals surface area contributed by atoms with Gasteiger partial charge in [-0.25, -0.2) is 9.97 Å². The van der Waals surface area contributed by atoms with E-state index in [1.54, 1.807) is 6.20 Å². The molecule has 0 unspecified atom stereocenters. The van der Waals surface area contributed by atoms with Crippen molar-refractivity contribution in [2.75, 3.05) is 18.8 Å². The smallest absolute Gasteiger partial charge is 0.225 e. The molecule has 1 aromatic heterocycles. The van der Waals surface area contributed by atoms with Crippen LogP contribution in [0.2, 0.25) is 0 Å². The van der Waals surface area contributed by atoms with Crippen molar-refractivity contribution in [2.24, 2.45) is 5.92 Å². The number of nitrogen functional groups attached to an aromatic ring is 1. The van der Waals surface area contributed by atoms with Gasteiger partial charge in [-0.05, 0) is 31.7 Å². The van der Waals surface area contributed by atoms with Crippen molar-refractivity contribution >= 4 is 11.9 Å². The Morgan fingerprint density at radius 2 is 2.16 bits per heavy atom. The Morgan fingerprint density at radius 1 is 1.32 bits per heavy atom. The quantitative estimate of drug-likeness (QED) is 0.876. The molecule has 2 aliphatic rings. The molecule has 2 heterocycles. The predicted molar refractivity (Wildman–Crippen MR) is 72.3 cm³/mol. The van der Waals surface area contributed by atoms with Gasteiger partial charge in [-0.3, -0.25) is 4.79 Å². The van der Waals surface area contributed by atoms with Crippen LogP contribution in [-0.4, -0.2) is 33.9 Å². The van der Waals surface area contributed by atoms with Crippen LogP contribution < -0.4 is 5.73 Å². The lowest BCUT2D eigenvalue weighted by atomic mass is 9.83. The average molecular weight is 260 g/mol. The van der Waals surface area contributed by atoms with Crippen LogP contribution in [0, 0.1) is 5.92 Å². The molecule has 1 aliphatic heterocycles. The minimum atomic E-state index is 0.286. The summed E-state index contributed by atoms with van der Waals surface area (Å²) in [5.74, 6) is 1.26. The van der Waals surface area contributed by atoms with Crippen LogP contribution in [0.1, 0.15) is 43.7 Å². The number of piperidine rings is 1. The molecule has 0 bridgehead atoms. The molecular weight excluding hydrogens is 240 g/mol. The molecule has 5 nitrogen and oxygen atoms in total. The molecular formula is C14H20N4O. The van der Waals surface area contributed by atoms with E-state index in [1.165, 1.54) is 6.42 Å². The zero-order valence-corrected chi connectivity index (χ0v) is 11.1. The minimum absolute atomic E-state index is 0.286. The van der Waals surface area contributed by atoms with Crippen molar-refractivity contribution in [3.05, 3.63) is 18.0 Å². The highest BCUT2D eigenvalue weighted by Gasteiger charge is 2.32. The number of carbonyl (C=O) groups is 1. The van der Waals surface area contributed by atoms with Gasteiger partial charge in [-0.1, -0.05) is 6.42 Å². The third-order valence-electron chi connectivity index (χ3n) is 4.30. The number of nitrogens with zero attached hydrogens (tertiary/aromatic N) is 3. The third-order valence-corrected chi connectivity index (χ3v) is 4.30. The number of rotatable bonds is 2. The second kappa shape index (κ2) is 5.15. The Balaban J connectivity index is 1.69. The van der Waals surface area contributed by atoms with Crippen molar-refractivity contribution in [1.82, 2.24) is 14.9 Å². The molecule has 1 amide bonds. The van der Waals surface area contributed by atoms with E-state index < -0.39 is 0 Å². The van der Waals surface area contributed by atoms with E-state index in [-0.39, 0.29) is 5.92 Å². The van der Waals surface area contributed by atoms with E-state index in [0.29, 0.717) is 17.8 Å². The summed E-state index contributed by atoms with van der Waals surface area (Å²) >= 11 is 0.